The minimum absolute atomic E-state index is 0.0800. The Morgan fingerprint density at radius 1 is 1.30 bits per heavy atom. The van der Waals surface area contributed by atoms with Crippen LogP contribution in [0.15, 0.2) is 29.6 Å². The maximum atomic E-state index is 11.5. The number of hydrogen-bond donors (Lipinski definition) is 2. The van der Waals surface area contributed by atoms with Crippen molar-refractivity contribution >= 4 is 22.4 Å². The number of anilines is 1. The van der Waals surface area contributed by atoms with Gasteiger partial charge in [-0.15, -0.1) is 11.3 Å². The average molecular weight is 289 g/mol. The van der Waals surface area contributed by atoms with Gasteiger partial charge in [0.25, 0.3) is 0 Å². The van der Waals surface area contributed by atoms with Crippen LogP contribution in [0.3, 0.4) is 0 Å². The zero-order chi connectivity index (χ0) is 14.5. The minimum Gasteiger partial charge on any atom is -0.311 e. The molecule has 0 atom stereocenters. The number of amides is 1. The van der Waals surface area contributed by atoms with Crippen LogP contribution < -0.4 is 10.6 Å². The fourth-order valence-corrected chi connectivity index (χ4v) is 2.56. The second-order valence-electron chi connectivity index (χ2n) is 4.89. The fraction of sp³-hybridized carbons (Fsp3) is 0.333. The first-order chi connectivity index (χ1) is 9.60. The van der Waals surface area contributed by atoms with Crippen LogP contribution in [-0.2, 0) is 4.79 Å². The van der Waals surface area contributed by atoms with Crippen molar-refractivity contribution in [2.24, 2.45) is 0 Å². The molecule has 0 fully saturated rings. The monoisotopic (exact) mass is 289 g/mol. The van der Waals surface area contributed by atoms with Crippen LogP contribution in [0.5, 0.6) is 0 Å². The van der Waals surface area contributed by atoms with Crippen molar-refractivity contribution in [2.45, 2.75) is 19.8 Å². The number of thiazole rings is 1. The highest BCUT2D eigenvalue weighted by atomic mass is 32.1. The third-order valence-electron chi connectivity index (χ3n) is 2.96. The smallest absolute Gasteiger partial charge is 0.240 e. The van der Waals surface area contributed by atoms with Crippen LogP contribution in [0.4, 0.5) is 5.13 Å². The van der Waals surface area contributed by atoms with Gasteiger partial charge in [-0.05, 0) is 18.5 Å². The molecule has 0 aliphatic rings. The normalized spacial score (nSPS) is 10.8. The van der Waals surface area contributed by atoms with E-state index in [-0.39, 0.29) is 12.5 Å². The van der Waals surface area contributed by atoms with Crippen LogP contribution in [0.2, 0.25) is 0 Å². The molecule has 1 aromatic heterocycles. The summed E-state index contributed by atoms with van der Waals surface area (Å²) in [7, 11) is 1.74. The van der Waals surface area contributed by atoms with Gasteiger partial charge in [0, 0.05) is 10.9 Å². The van der Waals surface area contributed by atoms with E-state index in [0.29, 0.717) is 11.0 Å². The van der Waals surface area contributed by atoms with Crippen LogP contribution in [0, 0.1) is 0 Å². The Kier molecular flexibility index (Phi) is 4.87. The molecule has 1 amide bonds. The van der Waals surface area contributed by atoms with E-state index in [9.17, 15) is 4.79 Å². The van der Waals surface area contributed by atoms with Crippen molar-refractivity contribution < 1.29 is 4.79 Å². The lowest BCUT2D eigenvalue weighted by molar-refractivity contribution is -0.115. The first kappa shape index (κ1) is 14.7. The topological polar surface area (TPSA) is 54.0 Å². The fourth-order valence-electron chi connectivity index (χ4n) is 1.83. The molecule has 0 aliphatic heterocycles. The summed E-state index contributed by atoms with van der Waals surface area (Å²) in [5, 5.41) is 8.17. The summed E-state index contributed by atoms with van der Waals surface area (Å²) in [4.78, 5) is 15.9. The van der Waals surface area contributed by atoms with Crippen LogP contribution in [-0.4, -0.2) is 24.5 Å². The van der Waals surface area contributed by atoms with Gasteiger partial charge >= 0.3 is 0 Å². The SMILES string of the molecule is CNCC(=O)Nc1nc(-c2ccc(C(C)C)cc2)cs1. The van der Waals surface area contributed by atoms with Gasteiger partial charge in [-0.2, -0.15) is 0 Å². The van der Waals surface area contributed by atoms with Crippen molar-refractivity contribution in [3.63, 3.8) is 0 Å². The number of rotatable bonds is 5. The van der Waals surface area contributed by atoms with Gasteiger partial charge in [-0.1, -0.05) is 38.1 Å². The van der Waals surface area contributed by atoms with Crippen molar-refractivity contribution in [1.82, 2.24) is 10.3 Å². The van der Waals surface area contributed by atoms with Crippen LogP contribution in [0.25, 0.3) is 11.3 Å². The molecule has 1 heterocycles. The molecule has 2 aromatic rings. The first-order valence-electron chi connectivity index (χ1n) is 6.60. The Bertz CT molecular complexity index is 575. The number of carbonyl (C=O) groups is 1. The number of likely N-dealkylation sites (N-methyl/N-ethyl adjacent to an activating group) is 1. The highest BCUT2D eigenvalue weighted by Gasteiger charge is 2.08. The Morgan fingerprint density at radius 3 is 2.60 bits per heavy atom. The van der Waals surface area contributed by atoms with E-state index in [1.165, 1.54) is 16.9 Å². The summed E-state index contributed by atoms with van der Waals surface area (Å²) in [5.74, 6) is 0.444. The van der Waals surface area contributed by atoms with E-state index >= 15 is 0 Å². The van der Waals surface area contributed by atoms with E-state index in [1.54, 1.807) is 7.05 Å². The largest absolute Gasteiger partial charge is 0.311 e. The van der Waals surface area contributed by atoms with Gasteiger partial charge in [0.1, 0.15) is 0 Å². The lowest BCUT2D eigenvalue weighted by Crippen LogP contribution is -2.24. The third kappa shape index (κ3) is 3.65. The molecule has 20 heavy (non-hydrogen) atoms. The number of nitrogens with zero attached hydrogens (tertiary/aromatic N) is 1. The van der Waals surface area contributed by atoms with Crippen LogP contribution >= 0.6 is 11.3 Å². The number of benzene rings is 1. The molecule has 0 saturated carbocycles. The molecule has 4 nitrogen and oxygen atoms in total. The predicted octanol–water partition coefficient (Wildman–Crippen LogP) is 3.09. The van der Waals surface area contributed by atoms with Crippen LogP contribution in [0.1, 0.15) is 25.3 Å². The summed E-state index contributed by atoms with van der Waals surface area (Å²) in [6.45, 7) is 4.64. The molecule has 0 bridgehead atoms. The molecule has 2 N–H and O–H groups in total. The summed E-state index contributed by atoms with van der Waals surface area (Å²) in [6, 6.07) is 8.39. The maximum absolute atomic E-state index is 11.5. The summed E-state index contributed by atoms with van der Waals surface area (Å²) in [5.41, 5.74) is 3.27. The molecule has 2 rings (SSSR count). The van der Waals surface area contributed by atoms with Crippen molar-refractivity contribution in [2.75, 3.05) is 18.9 Å². The standard InChI is InChI=1S/C15H19N3OS/c1-10(2)11-4-6-12(7-5-11)13-9-20-15(17-13)18-14(19)8-16-3/h4-7,9-10,16H,8H2,1-3H3,(H,17,18,19). The number of carbonyl (C=O) groups excluding carboxylic acids is 1. The maximum Gasteiger partial charge on any atom is 0.240 e. The van der Waals surface area contributed by atoms with Gasteiger partial charge in [-0.3, -0.25) is 4.79 Å². The lowest BCUT2D eigenvalue weighted by Gasteiger charge is -2.05. The Hall–Kier alpha value is -1.72. The van der Waals surface area contributed by atoms with E-state index < -0.39 is 0 Å². The molecular weight excluding hydrogens is 270 g/mol. The summed E-state index contributed by atoms with van der Waals surface area (Å²) >= 11 is 1.44. The Balaban J connectivity index is 2.10. The van der Waals surface area contributed by atoms with Crippen molar-refractivity contribution in [3.05, 3.63) is 35.2 Å². The van der Waals surface area contributed by atoms with Crippen molar-refractivity contribution in [3.8, 4) is 11.3 Å². The number of hydrogen-bond acceptors (Lipinski definition) is 4. The zero-order valence-electron chi connectivity index (χ0n) is 11.9. The van der Waals surface area contributed by atoms with Gasteiger partial charge in [0.05, 0.1) is 12.2 Å². The lowest BCUT2D eigenvalue weighted by atomic mass is 10.0. The summed E-state index contributed by atoms with van der Waals surface area (Å²) < 4.78 is 0. The first-order valence-corrected chi connectivity index (χ1v) is 7.48. The molecule has 0 unspecified atom stereocenters. The second-order valence-corrected chi connectivity index (χ2v) is 5.75. The molecule has 106 valence electrons. The average Bonchev–Trinajstić information content (AvgIpc) is 2.87. The molecule has 0 aliphatic carbocycles. The molecular formula is C15H19N3OS. The Morgan fingerprint density at radius 2 is 2.00 bits per heavy atom. The zero-order valence-corrected chi connectivity index (χ0v) is 12.8. The predicted molar refractivity (Wildman–Crippen MR) is 84.2 cm³/mol. The van der Waals surface area contributed by atoms with E-state index in [1.807, 2.05) is 5.38 Å². The van der Waals surface area contributed by atoms with E-state index in [4.69, 9.17) is 0 Å². The molecule has 5 heteroatoms. The highest BCUT2D eigenvalue weighted by molar-refractivity contribution is 7.14. The molecule has 0 saturated heterocycles. The highest BCUT2D eigenvalue weighted by Crippen LogP contribution is 2.26. The molecule has 1 aromatic carbocycles. The van der Waals surface area contributed by atoms with Gasteiger partial charge < -0.3 is 10.6 Å². The minimum atomic E-state index is -0.0800. The van der Waals surface area contributed by atoms with Gasteiger partial charge in [-0.25, -0.2) is 4.98 Å². The van der Waals surface area contributed by atoms with Gasteiger partial charge in [0.15, 0.2) is 5.13 Å². The second kappa shape index (κ2) is 6.63. The van der Waals surface area contributed by atoms with E-state index in [0.717, 1.165) is 11.3 Å². The van der Waals surface area contributed by atoms with Crippen molar-refractivity contribution in [1.29, 1.82) is 0 Å². The Labute approximate surface area is 123 Å². The molecule has 0 spiro atoms. The summed E-state index contributed by atoms with van der Waals surface area (Å²) in [6.07, 6.45) is 0. The third-order valence-corrected chi connectivity index (χ3v) is 3.72. The molecule has 0 radical (unpaired) electrons. The van der Waals surface area contributed by atoms with E-state index in [2.05, 4.69) is 53.7 Å². The number of aromatic nitrogens is 1. The number of nitrogens with one attached hydrogen (secondary N) is 2. The quantitative estimate of drug-likeness (QED) is 0.889. The van der Waals surface area contributed by atoms with Gasteiger partial charge in [0.2, 0.25) is 5.91 Å².